The van der Waals surface area contributed by atoms with Crippen LogP contribution in [0.3, 0.4) is 0 Å². The quantitative estimate of drug-likeness (QED) is 0.362. The third kappa shape index (κ3) is 7.89. The van der Waals surface area contributed by atoms with Gasteiger partial charge in [-0.1, -0.05) is 24.8 Å². The zero-order chi connectivity index (χ0) is 24.8. The van der Waals surface area contributed by atoms with Gasteiger partial charge in [0.2, 0.25) is 0 Å². The summed E-state index contributed by atoms with van der Waals surface area (Å²) in [4.78, 5) is 31.9. The molecule has 178 valence electrons. The number of amides is 1. The molecule has 0 radical (unpaired) electrons. The highest BCUT2D eigenvalue weighted by molar-refractivity contribution is 5.92. The lowest BCUT2D eigenvalue weighted by Crippen LogP contribution is -2.29. The van der Waals surface area contributed by atoms with Crippen molar-refractivity contribution in [2.75, 3.05) is 37.4 Å². The van der Waals surface area contributed by atoms with Gasteiger partial charge in [0.15, 0.2) is 12.1 Å². The maximum atomic E-state index is 11.7. The van der Waals surface area contributed by atoms with Crippen LogP contribution in [0.2, 0.25) is 0 Å². The van der Waals surface area contributed by atoms with Gasteiger partial charge in [0.05, 0.1) is 12.2 Å². The standard InChI is InChI=1S/C24H25N5O3.CH5N/c1-3-20-23(26-18-10-13-32-14-11-18)29-24(21(16-30)28-20)27-19-9-5-7-17(15-19)8-6-12-25-22(31)4-2;1-2/h2,5,7,9,15-16,18H,3,10-14H2,1H3,(H,25,31)(H2,26,27,29);2H2,1H3. The second-order valence-corrected chi connectivity index (χ2v) is 7.09. The van der Waals surface area contributed by atoms with Crippen LogP contribution in [0, 0.1) is 24.2 Å². The van der Waals surface area contributed by atoms with Crippen LogP contribution < -0.4 is 21.7 Å². The van der Waals surface area contributed by atoms with Crippen molar-refractivity contribution < 1.29 is 14.3 Å². The highest BCUT2D eigenvalue weighted by Gasteiger charge is 2.18. The molecule has 0 saturated carbocycles. The second-order valence-electron chi connectivity index (χ2n) is 7.09. The Bertz CT molecular complexity index is 1080. The smallest absolute Gasteiger partial charge is 0.296 e. The van der Waals surface area contributed by atoms with Gasteiger partial charge in [-0.2, -0.15) is 0 Å². The van der Waals surface area contributed by atoms with E-state index in [1.807, 2.05) is 37.1 Å². The van der Waals surface area contributed by atoms with Crippen molar-refractivity contribution in [1.29, 1.82) is 0 Å². The third-order valence-electron chi connectivity index (χ3n) is 4.83. The van der Waals surface area contributed by atoms with E-state index in [-0.39, 0.29) is 18.3 Å². The number of aldehydes is 1. The fraction of sp³-hybridized carbons (Fsp3) is 0.360. The van der Waals surface area contributed by atoms with E-state index in [0.717, 1.165) is 24.1 Å². The minimum Gasteiger partial charge on any atom is -0.381 e. The summed E-state index contributed by atoms with van der Waals surface area (Å²) in [7, 11) is 1.50. The zero-order valence-corrected chi connectivity index (χ0v) is 19.5. The van der Waals surface area contributed by atoms with Gasteiger partial charge in [-0.05, 0) is 50.4 Å². The number of nitrogens with one attached hydrogen (secondary N) is 3. The molecule has 1 aliphatic rings. The molecule has 0 atom stereocenters. The van der Waals surface area contributed by atoms with Crippen LogP contribution in [0.4, 0.5) is 17.3 Å². The molecular formula is C25H30N6O3. The molecule has 0 spiro atoms. The van der Waals surface area contributed by atoms with Gasteiger partial charge < -0.3 is 26.4 Å². The number of carbonyl (C=O) groups is 2. The summed E-state index contributed by atoms with van der Waals surface area (Å²) >= 11 is 0. The second kappa shape index (κ2) is 14.3. The predicted molar refractivity (Wildman–Crippen MR) is 133 cm³/mol. The highest BCUT2D eigenvalue weighted by Crippen LogP contribution is 2.24. The van der Waals surface area contributed by atoms with Crippen LogP contribution in [0.5, 0.6) is 0 Å². The highest BCUT2D eigenvalue weighted by atomic mass is 16.5. The number of anilines is 3. The van der Waals surface area contributed by atoms with Crippen molar-refractivity contribution in [2.24, 2.45) is 5.73 Å². The van der Waals surface area contributed by atoms with E-state index in [1.165, 1.54) is 7.05 Å². The van der Waals surface area contributed by atoms with Crippen molar-refractivity contribution in [2.45, 2.75) is 32.2 Å². The van der Waals surface area contributed by atoms with E-state index in [0.29, 0.717) is 43.2 Å². The fourth-order valence-corrected chi connectivity index (χ4v) is 3.19. The largest absolute Gasteiger partial charge is 0.381 e. The monoisotopic (exact) mass is 462 g/mol. The number of rotatable bonds is 7. The first kappa shape index (κ1) is 26.3. The average Bonchev–Trinajstić information content (AvgIpc) is 2.88. The number of aromatic nitrogens is 2. The van der Waals surface area contributed by atoms with E-state index in [1.54, 1.807) is 0 Å². The van der Waals surface area contributed by atoms with E-state index in [9.17, 15) is 9.59 Å². The topological polar surface area (TPSA) is 131 Å². The Morgan fingerprint density at radius 2 is 2.03 bits per heavy atom. The number of hydrogen-bond donors (Lipinski definition) is 4. The molecule has 9 nitrogen and oxygen atoms in total. The lowest BCUT2D eigenvalue weighted by Gasteiger charge is -2.25. The molecule has 9 heteroatoms. The first-order valence-corrected chi connectivity index (χ1v) is 11.0. The van der Waals surface area contributed by atoms with Crippen molar-refractivity contribution in [3.63, 3.8) is 0 Å². The van der Waals surface area contributed by atoms with Gasteiger partial charge in [0.25, 0.3) is 5.91 Å². The van der Waals surface area contributed by atoms with Crippen molar-refractivity contribution in [1.82, 2.24) is 15.3 Å². The Labute approximate surface area is 200 Å². The van der Waals surface area contributed by atoms with Crippen LogP contribution >= 0.6 is 0 Å². The Hall–Kier alpha value is -3.92. The number of ether oxygens (including phenoxy) is 1. The molecule has 1 aliphatic heterocycles. The van der Waals surface area contributed by atoms with Crippen LogP contribution in [-0.4, -0.2) is 55.0 Å². The summed E-state index contributed by atoms with van der Waals surface area (Å²) in [5.74, 6) is 8.31. The molecule has 1 fully saturated rings. The number of nitrogens with two attached hydrogens (primary N) is 1. The molecule has 1 aromatic carbocycles. The van der Waals surface area contributed by atoms with Gasteiger partial charge in [-0.15, -0.1) is 6.42 Å². The van der Waals surface area contributed by atoms with E-state index in [2.05, 4.69) is 43.5 Å². The van der Waals surface area contributed by atoms with Crippen molar-refractivity contribution >= 4 is 29.5 Å². The number of terminal acetylenes is 1. The van der Waals surface area contributed by atoms with Gasteiger partial charge in [0.1, 0.15) is 11.5 Å². The predicted octanol–water partition coefficient (Wildman–Crippen LogP) is 1.86. The first-order valence-electron chi connectivity index (χ1n) is 11.0. The summed E-state index contributed by atoms with van der Waals surface area (Å²) in [5, 5.41) is 9.12. The molecular weight excluding hydrogens is 432 g/mol. The molecule has 1 saturated heterocycles. The summed E-state index contributed by atoms with van der Waals surface area (Å²) < 4.78 is 5.42. The van der Waals surface area contributed by atoms with Crippen LogP contribution in [0.1, 0.15) is 41.5 Å². The molecule has 5 N–H and O–H groups in total. The fourth-order valence-electron chi connectivity index (χ4n) is 3.19. The lowest BCUT2D eigenvalue weighted by atomic mass is 10.1. The molecule has 1 aromatic heterocycles. The number of hydrogen-bond acceptors (Lipinski definition) is 8. The Morgan fingerprint density at radius 1 is 1.26 bits per heavy atom. The van der Waals surface area contributed by atoms with Crippen LogP contribution in [0.25, 0.3) is 0 Å². The van der Waals surface area contributed by atoms with Crippen LogP contribution in [0.15, 0.2) is 24.3 Å². The normalized spacial score (nSPS) is 12.6. The summed E-state index contributed by atoms with van der Waals surface area (Å²) in [6.45, 7) is 3.56. The lowest BCUT2D eigenvalue weighted by molar-refractivity contribution is -0.115. The third-order valence-corrected chi connectivity index (χ3v) is 4.83. The number of carbonyl (C=O) groups excluding carboxylic acids is 2. The average molecular weight is 463 g/mol. The molecule has 0 aliphatic carbocycles. The van der Waals surface area contributed by atoms with Gasteiger partial charge in [-0.3, -0.25) is 9.59 Å². The Balaban J connectivity index is 0.00000199. The first-order chi connectivity index (χ1) is 16.6. The molecule has 1 amide bonds. The van der Waals surface area contributed by atoms with Gasteiger partial charge >= 0.3 is 0 Å². The molecule has 0 bridgehead atoms. The van der Waals surface area contributed by atoms with E-state index < -0.39 is 5.91 Å². The molecule has 0 unspecified atom stereocenters. The maximum absolute atomic E-state index is 11.7. The minimum absolute atomic E-state index is 0.154. The number of nitrogens with zero attached hydrogens (tertiary/aromatic N) is 2. The number of benzene rings is 1. The number of aryl methyl sites for hydroxylation is 1. The molecule has 34 heavy (non-hydrogen) atoms. The van der Waals surface area contributed by atoms with Crippen molar-refractivity contribution in [3.8, 4) is 24.2 Å². The summed E-state index contributed by atoms with van der Waals surface area (Å²) in [5.41, 5.74) is 6.94. The Kier molecular flexibility index (Phi) is 11.1. The van der Waals surface area contributed by atoms with Crippen LogP contribution in [-0.2, 0) is 16.0 Å². The molecule has 2 aromatic rings. The summed E-state index contributed by atoms with van der Waals surface area (Å²) in [6, 6.07) is 7.60. The zero-order valence-electron chi connectivity index (χ0n) is 19.5. The molecule has 3 rings (SSSR count). The van der Waals surface area contributed by atoms with Gasteiger partial charge in [0, 0.05) is 30.5 Å². The maximum Gasteiger partial charge on any atom is 0.296 e. The Morgan fingerprint density at radius 3 is 2.71 bits per heavy atom. The molecule has 2 heterocycles. The SMILES string of the molecule is C#CC(=O)NCC#Cc1cccc(Nc2nc(NC3CCOCC3)c(CC)nc2C=O)c1.CN. The van der Waals surface area contributed by atoms with E-state index >= 15 is 0 Å². The summed E-state index contributed by atoms with van der Waals surface area (Å²) in [6.07, 6.45) is 8.14. The van der Waals surface area contributed by atoms with Crippen molar-refractivity contribution in [3.05, 3.63) is 41.2 Å². The van der Waals surface area contributed by atoms with E-state index in [4.69, 9.17) is 11.2 Å². The minimum atomic E-state index is -0.504. The van der Waals surface area contributed by atoms with Gasteiger partial charge in [-0.25, -0.2) is 9.97 Å².